The summed E-state index contributed by atoms with van der Waals surface area (Å²) < 4.78 is 11.4. The van der Waals surface area contributed by atoms with E-state index in [1.54, 1.807) is 0 Å². The van der Waals surface area contributed by atoms with E-state index in [4.69, 9.17) is 21.1 Å². The fourth-order valence-electron chi connectivity index (χ4n) is 3.83. The monoisotopic (exact) mass is 401 g/mol. The molecule has 1 fully saturated rings. The van der Waals surface area contributed by atoms with Crippen molar-refractivity contribution in [2.24, 2.45) is 0 Å². The molecule has 1 saturated heterocycles. The van der Waals surface area contributed by atoms with Crippen LogP contribution >= 0.6 is 11.6 Å². The summed E-state index contributed by atoms with van der Waals surface area (Å²) in [7, 11) is 0. The van der Waals surface area contributed by atoms with E-state index in [1.807, 2.05) is 64.1 Å². The van der Waals surface area contributed by atoms with Crippen LogP contribution < -0.4 is 10.1 Å². The Morgan fingerprint density at radius 1 is 1.11 bits per heavy atom. The van der Waals surface area contributed by atoms with Crippen molar-refractivity contribution < 1.29 is 14.3 Å². The van der Waals surface area contributed by atoms with E-state index in [0.717, 1.165) is 28.1 Å². The number of benzene rings is 2. The number of anilines is 1. The van der Waals surface area contributed by atoms with Crippen LogP contribution in [0.3, 0.4) is 0 Å². The molecule has 0 bridgehead atoms. The molecule has 28 heavy (non-hydrogen) atoms. The maximum absolute atomic E-state index is 13.4. The zero-order valence-corrected chi connectivity index (χ0v) is 17.7. The van der Waals surface area contributed by atoms with Crippen LogP contribution in [0.5, 0.6) is 5.75 Å². The molecule has 1 heterocycles. The number of ether oxygens (including phenoxy) is 2. The Kier molecular flexibility index (Phi) is 6.31. The third-order valence-electron chi connectivity index (χ3n) is 5.25. The fraction of sp³-hybridized carbons (Fsp3) is 0.435. The fourth-order valence-corrected chi connectivity index (χ4v) is 3.96. The largest absolute Gasteiger partial charge is 0.490 e. The summed E-state index contributed by atoms with van der Waals surface area (Å²) in [6.07, 6.45) is 1.40. The second kappa shape index (κ2) is 8.54. The summed E-state index contributed by atoms with van der Waals surface area (Å²) in [6.45, 7) is 9.16. The van der Waals surface area contributed by atoms with Gasteiger partial charge in [-0.05, 0) is 81.5 Å². The van der Waals surface area contributed by atoms with Crippen molar-refractivity contribution in [3.05, 3.63) is 58.1 Å². The SMILES string of the molecule is Cc1cc(NC(=O)C2(c3ccc(Cl)cc3)CCOCC2)cc(C)c1OC(C)C. The minimum absolute atomic E-state index is 0.00514. The Labute approximate surface area is 172 Å². The van der Waals surface area contributed by atoms with Crippen LogP contribution in [0.25, 0.3) is 0 Å². The van der Waals surface area contributed by atoms with Crippen LogP contribution in [0.4, 0.5) is 5.69 Å². The highest BCUT2D eigenvalue weighted by atomic mass is 35.5. The molecule has 0 saturated carbocycles. The molecule has 0 spiro atoms. The number of carbonyl (C=O) groups is 1. The van der Waals surface area contributed by atoms with Gasteiger partial charge in [0.25, 0.3) is 0 Å². The van der Waals surface area contributed by atoms with E-state index in [2.05, 4.69) is 5.32 Å². The molecule has 1 aliphatic heterocycles. The second-order valence-electron chi connectivity index (χ2n) is 7.76. The van der Waals surface area contributed by atoms with E-state index < -0.39 is 5.41 Å². The third kappa shape index (κ3) is 4.34. The second-order valence-corrected chi connectivity index (χ2v) is 8.20. The number of carbonyl (C=O) groups excluding carboxylic acids is 1. The number of hydrogen-bond donors (Lipinski definition) is 1. The van der Waals surface area contributed by atoms with E-state index in [9.17, 15) is 4.79 Å². The summed E-state index contributed by atoms with van der Waals surface area (Å²) in [5.74, 6) is 0.876. The minimum atomic E-state index is -0.613. The molecule has 150 valence electrons. The average Bonchev–Trinajstić information content (AvgIpc) is 2.65. The number of halogens is 1. The molecule has 0 radical (unpaired) electrons. The van der Waals surface area contributed by atoms with Gasteiger partial charge in [-0.25, -0.2) is 0 Å². The zero-order chi connectivity index (χ0) is 20.3. The van der Waals surface area contributed by atoms with Crippen molar-refractivity contribution in [2.45, 2.75) is 52.1 Å². The van der Waals surface area contributed by atoms with Gasteiger partial charge >= 0.3 is 0 Å². The standard InChI is InChI=1S/C23H28ClNO3/c1-15(2)28-21-16(3)13-20(14-17(21)4)25-22(26)23(9-11-27-12-10-23)18-5-7-19(24)8-6-18/h5-8,13-15H,9-12H2,1-4H3,(H,25,26). The van der Waals surface area contributed by atoms with Gasteiger partial charge in [-0.15, -0.1) is 0 Å². The Morgan fingerprint density at radius 3 is 2.21 bits per heavy atom. The highest BCUT2D eigenvalue weighted by molar-refractivity contribution is 6.30. The highest BCUT2D eigenvalue weighted by Gasteiger charge is 2.41. The van der Waals surface area contributed by atoms with Gasteiger partial charge in [0.05, 0.1) is 11.5 Å². The van der Waals surface area contributed by atoms with E-state index in [-0.39, 0.29) is 12.0 Å². The molecule has 2 aromatic carbocycles. The van der Waals surface area contributed by atoms with Crippen LogP contribution in [-0.4, -0.2) is 25.2 Å². The lowest BCUT2D eigenvalue weighted by Crippen LogP contribution is -2.44. The highest BCUT2D eigenvalue weighted by Crippen LogP contribution is 2.37. The van der Waals surface area contributed by atoms with Crippen molar-refractivity contribution in [3.63, 3.8) is 0 Å². The third-order valence-corrected chi connectivity index (χ3v) is 5.50. The molecule has 1 aliphatic rings. The smallest absolute Gasteiger partial charge is 0.235 e. The number of amides is 1. The van der Waals surface area contributed by atoms with Crippen molar-refractivity contribution in [2.75, 3.05) is 18.5 Å². The summed E-state index contributed by atoms with van der Waals surface area (Å²) in [4.78, 5) is 13.4. The van der Waals surface area contributed by atoms with Gasteiger partial charge in [-0.1, -0.05) is 23.7 Å². The molecule has 2 aromatic rings. The van der Waals surface area contributed by atoms with E-state index >= 15 is 0 Å². The summed E-state index contributed by atoms with van der Waals surface area (Å²) in [6, 6.07) is 11.5. The first kappa shape index (κ1) is 20.7. The van der Waals surface area contributed by atoms with Crippen LogP contribution in [0.2, 0.25) is 5.02 Å². The first-order chi connectivity index (χ1) is 13.3. The summed E-state index contributed by atoms with van der Waals surface area (Å²) in [5.41, 5.74) is 3.17. The number of rotatable bonds is 5. The maximum Gasteiger partial charge on any atom is 0.235 e. The lowest BCUT2D eigenvalue weighted by atomic mass is 9.73. The maximum atomic E-state index is 13.4. The first-order valence-electron chi connectivity index (χ1n) is 9.75. The van der Waals surface area contributed by atoms with Crippen molar-refractivity contribution in [3.8, 4) is 5.75 Å². The van der Waals surface area contributed by atoms with Gasteiger partial charge < -0.3 is 14.8 Å². The average molecular weight is 402 g/mol. The Morgan fingerprint density at radius 2 is 1.68 bits per heavy atom. The molecule has 1 amide bonds. The van der Waals surface area contributed by atoms with Crippen LogP contribution in [0.15, 0.2) is 36.4 Å². The predicted molar refractivity (Wildman–Crippen MR) is 113 cm³/mol. The van der Waals surface area contributed by atoms with Gasteiger partial charge in [0.15, 0.2) is 0 Å². The molecule has 1 N–H and O–H groups in total. The Balaban J connectivity index is 1.89. The molecule has 0 aromatic heterocycles. The Bertz CT molecular complexity index is 816. The number of nitrogens with one attached hydrogen (secondary N) is 1. The topological polar surface area (TPSA) is 47.6 Å². The van der Waals surface area contributed by atoms with Crippen molar-refractivity contribution >= 4 is 23.2 Å². The van der Waals surface area contributed by atoms with Gasteiger partial charge in [0, 0.05) is 23.9 Å². The van der Waals surface area contributed by atoms with Gasteiger partial charge in [0.2, 0.25) is 5.91 Å². The number of hydrogen-bond acceptors (Lipinski definition) is 3. The van der Waals surface area contributed by atoms with E-state index in [0.29, 0.717) is 31.1 Å². The normalized spacial score (nSPS) is 16.1. The molecular formula is C23H28ClNO3. The Hall–Kier alpha value is -2.04. The molecule has 5 heteroatoms. The molecule has 3 rings (SSSR count). The van der Waals surface area contributed by atoms with Crippen LogP contribution in [0, 0.1) is 13.8 Å². The number of aryl methyl sites for hydroxylation is 2. The molecular weight excluding hydrogens is 374 g/mol. The van der Waals surface area contributed by atoms with E-state index in [1.165, 1.54) is 0 Å². The van der Waals surface area contributed by atoms with Crippen LogP contribution in [-0.2, 0) is 14.9 Å². The molecule has 0 aliphatic carbocycles. The predicted octanol–water partition coefficient (Wildman–Crippen LogP) is 5.43. The lowest BCUT2D eigenvalue weighted by molar-refractivity contribution is -0.125. The van der Waals surface area contributed by atoms with Gasteiger partial charge in [-0.2, -0.15) is 0 Å². The first-order valence-corrected chi connectivity index (χ1v) is 10.1. The molecule has 4 nitrogen and oxygen atoms in total. The van der Waals surface area contributed by atoms with Crippen molar-refractivity contribution in [1.29, 1.82) is 0 Å². The summed E-state index contributed by atoms with van der Waals surface area (Å²) in [5, 5.41) is 3.81. The quantitative estimate of drug-likeness (QED) is 0.726. The molecule has 0 atom stereocenters. The summed E-state index contributed by atoms with van der Waals surface area (Å²) >= 11 is 6.05. The van der Waals surface area contributed by atoms with Crippen molar-refractivity contribution in [1.82, 2.24) is 0 Å². The molecule has 0 unspecified atom stereocenters. The minimum Gasteiger partial charge on any atom is -0.490 e. The van der Waals surface area contributed by atoms with Gasteiger partial charge in [-0.3, -0.25) is 4.79 Å². The van der Waals surface area contributed by atoms with Crippen LogP contribution in [0.1, 0.15) is 43.4 Å². The van der Waals surface area contributed by atoms with Gasteiger partial charge in [0.1, 0.15) is 5.75 Å². The lowest BCUT2D eigenvalue weighted by Gasteiger charge is -2.36. The zero-order valence-electron chi connectivity index (χ0n) is 17.0.